The standard InChI is InChI=1S/C10H15NO5S2/c1-2-8(12)3-4-11-18(15,16)9-5-7(6-17-9)10(13)14/h5-6,8,11-12H,2-4H2,1H3,(H,13,14). The van der Waals surface area contributed by atoms with Gasteiger partial charge in [0, 0.05) is 11.9 Å². The molecule has 8 heteroatoms. The first-order valence-corrected chi connectivity index (χ1v) is 7.72. The number of nitrogens with one attached hydrogen (secondary N) is 1. The summed E-state index contributed by atoms with van der Waals surface area (Å²) in [6.07, 6.45) is 0.349. The van der Waals surface area contributed by atoms with Crippen molar-refractivity contribution in [3.63, 3.8) is 0 Å². The highest BCUT2D eigenvalue weighted by Crippen LogP contribution is 2.20. The van der Waals surface area contributed by atoms with E-state index in [2.05, 4.69) is 4.72 Å². The Morgan fingerprint density at radius 2 is 2.22 bits per heavy atom. The lowest BCUT2D eigenvalue weighted by molar-refractivity contribution is 0.0697. The first-order valence-electron chi connectivity index (χ1n) is 5.36. The number of aromatic carboxylic acids is 1. The molecule has 1 aromatic rings. The number of hydrogen-bond donors (Lipinski definition) is 3. The Morgan fingerprint density at radius 1 is 1.56 bits per heavy atom. The van der Waals surface area contributed by atoms with Crippen LogP contribution < -0.4 is 4.72 Å². The third-order valence-corrected chi connectivity index (χ3v) is 5.23. The topological polar surface area (TPSA) is 104 Å². The van der Waals surface area contributed by atoms with Crippen molar-refractivity contribution in [1.29, 1.82) is 0 Å². The molecule has 0 spiro atoms. The van der Waals surface area contributed by atoms with Crippen molar-refractivity contribution in [3.05, 3.63) is 17.0 Å². The number of thiophene rings is 1. The van der Waals surface area contributed by atoms with Crippen molar-refractivity contribution >= 4 is 27.3 Å². The van der Waals surface area contributed by atoms with Crippen LogP contribution in [-0.2, 0) is 10.0 Å². The van der Waals surface area contributed by atoms with Crippen LogP contribution in [0.3, 0.4) is 0 Å². The quantitative estimate of drug-likeness (QED) is 0.692. The van der Waals surface area contributed by atoms with E-state index >= 15 is 0 Å². The predicted molar refractivity (Wildman–Crippen MR) is 67.4 cm³/mol. The molecule has 0 aliphatic heterocycles. The minimum Gasteiger partial charge on any atom is -0.478 e. The molecule has 102 valence electrons. The fraction of sp³-hybridized carbons (Fsp3) is 0.500. The molecular weight excluding hydrogens is 278 g/mol. The van der Waals surface area contributed by atoms with Gasteiger partial charge in [0.05, 0.1) is 11.7 Å². The molecule has 0 saturated heterocycles. The molecule has 0 aliphatic carbocycles. The molecule has 1 atom stereocenters. The van der Waals surface area contributed by atoms with Gasteiger partial charge >= 0.3 is 5.97 Å². The Balaban J connectivity index is 2.65. The number of carbonyl (C=O) groups is 1. The summed E-state index contributed by atoms with van der Waals surface area (Å²) in [5.74, 6) is -1.16. The molecule has 0 bridgehead atoms. The number of aliphatic hydroxyl groups excluding tert-OH is 1. The number of aliphatic hydroxyl groups is 1. The van der Waals surface area contributed by atoms with Crippen LogP contribution in [-0.4, -0.2) is 37.2 Å². The molecule has 1 aromatic heterocycles. The van der Waals surface area contributed by atoms with E-state index in [1.54, 1.807) is 6.92 Å². The minimum absolute atomic E-state index is 0.0362. The van der Waals surface area contributed by atoms with Gasteiger partial charge in [0.25, 0.3) is 0 Å². The van der Waals surface area contributed by atoms with E-state index in [0.717, 1.165) is 17.4 Å². The van der Waals surface area contributed by atoms with E-state index in [0.29, 0.717) is 12.8 Å². The van der Waals surface area contributed by atoms with Gasteiger partial charge in [-0.15, -0.1) is 11.3 Å². The Hall–Kier alpha value is -0.960. The van der Waals surface area contributed by atoms with E-state index in [1.165, 1.54) is 5.38 Å². The van der Waals surface area contributed by atoms with Gasteiger partial charge in [0.2, 0.25) is 10.0 Å². The van der Waals surface area contributed by atoms with Crippen LogP contribution in [0.25, 0.3) is 0 Å². The molecule has 0 amide bonds. The van der Waals surface area contributed by atoms with Gasteiger partial charge in [-0.25, -0.2) is 17.9 Å². The first-order chi connectivity index (χ1) is 8.36. The average Bonchev–Trinajstić information content (AvgIpc) is 2.78. The molecule has 0 fully saturated rings. The van der Waals surface area contributed by atoms with Gasteiger partial charge in [-0.3, -0.25) is 0 Å². The largest absolute Gasteiger partial charge is 0.478 e. The van der Waals surface area contributed by atoms with Crippen molar-refractivity contribution in [3.8, 4) is 0 Å². The Bertz CT molecular complexity index is 508. The van der Waals surface area contributed by atoms with Gasteiger partial charge in [-0.05, 0) is 18.9 Å². The summed E-state index contributed by atoms with van der Waals surface area (Å²) in [4.78, 5) is 10.6. The second kappa shape index (κ2) is 6.28. The van der Waals surface area contributed by atoms with Gasteiger partial charge in [0.15, 0.2) is 0 Å². The van der Waals surface area contributed by atoms with Crippen molar-refractivity contribution in [1.82, 2.24) is 4.72 Å². The molecule has 0 aliphatic rings. The zero-order valence-corrected chi connectivity index (χ0v) is 11.4. The van der Waals surface area contributed by atoms with Crippen molar-refractivity contribution in [2.45, 2.75) is 30.1 Å². The molecule has 1 heterocycles. The molecule has 1 rings (SSSR count). The monoisotopic (exact) mass is 293 g/mol. The highest BCUT2D eigenvalue weighted by Gasteiger charge is 2.18. The summed E-state index contributed by atoms with van der Waals surface area (Å²) < 4.78 is 25.8. The van der Waals surface area contributed by atoms with Crippen molar-refractivity contribution in [2.75, 3.05) is 6.54 Å². The third kappa shape index (κ3) is 4.05. The smallest absolute Gasteiger partial charge is 0.336 e. The maximum Gasteiger partial charge on any atom is 0.336 e. The third-order valence-electron chi connectivity index (χ3n) is 2.33. The van der Waals surface area contributed by atoms with E-state index in [1.807, 2.05) is 0 Å². The molecule has 3 N–H and O–H groups in total. The number of carboxylic acids is 1. The van der Waals surface area contributed by atoms with Crippen molar-refractivity contribution < 1.29 is 23.4 Å². The molecule has 0 saturated carbocycles. The Kier molecular flexibility index (Phi) is 5.27. The summed E-state index contributed by atoms with van der Waals surface area (Å²) in [6, 6.07) is 1.12. The number of rotatable bonds is 7. The summed E-state index contributed by atoms with van der Waals surface area (Å²) >= 11 is 0.856. The lowest BCUT2D eigenvalue weighted by Gasteiger charge is -2.08. The zero-order valence-electron chi connectivity index (χ0n) is 9.79. The fourth-order valence-corrected chi connectivity index (χ4v) is 3.45. The van der Waals surface area contributed by atoms with Gasteiger partial charge < -0.3 is 10.2 Å². The number of carboxylic acid groups (broad SMARTS) is 1. The highest BCUT2D eigenvalue weighted by molar-refractivity contribution is 7.91. The fourth-order valence-electron chi connectivity index (χ4n) is 1.20. The van der Waals surface area contributed by atoms with E-state index in [4.69, 9.17) is 5.11 Å². The maximum atomic E-state index is 11.8. The van der Waals surface area contributed by atoms with Crippen LogP contribution in [0.2, 0.25) is 0 Å². The average molecular weight is 293 g/mol. The van der Waals surface area contributed by atoms with Crippen LogP contribution in [0, 0.1) is 0 Å². The summed E-state index contributed by atoms with van der Waals surface area (Å²) in [7, 11) is -3.68. The highest BCUT2D eigenvalue weighted by atomic mass is 32.2. The second-order valence-corrected chi connectivity index (χ2v) is 6.61. The van der Waals surface area contributed by atoms with Gasteiger partial charge in [-0.1, -0.05) is 6.92 Å². The van der Waals surface area contributed by atoms with Gasteiger partial charge in [0.1, 0.15) is 4.21 Å². The maximum absolute atomic E-state index is 11.8. The van der Waals surface area contributed by atoms with Crippen LogP contribution >= 0.6 is 11.3 Å². The molecule has 6 nitrogen and oxygen atoms in total. The SMILES string of the molecule is CCC(O)CCNS(=O)(=O)c1cc(C(=O)O)cs1. The lowest BCUT2D eigenvalue weighted by Crippen LogP contribution is -2.26. The predicted octanol–water partition coefficient (Wildman–Crippen LogP) is 0.886. The Morgan fingerprint density at radius 3 is 2.72 bits per heavy atom. The Labute approximate surface area is 109 Å². The van der Waals surface area contributed by atoms with Crippen LogP contribution in [0.1, 0.15) is 30.1 Å². The molecule has 0 aromatic carbocycles. The summed E-state index contributed by atoms with van der Waals surface area (Å²) in [6.45, 7) is 1.93. The van der Waals surface area contributed by atoms with Crippen molar-refractivity contribution in [2.24, 2.45) is 0 Å². The van der Waals surface area contributed by atoms with Gasteiger partial charge in [-0.2, -0.15) is 0 Å². The van der Waals surface area contributed by atoms with Crippen LogP contribution in [0.15, 0.2) is 15.7 Å². The molecule has 0 radical (unpaired) electrons. The van der Waals surface area contributed by atoms with E-state index in [9.17, 15) is 18.3 Å². The van der Waals surface area contributed by atoms with E-state index < -0.39 is 22.1 Å². The summed E-state index contributed by atoms with van der Waals surface area (Å²) in [5.41, 5.74) is -0.0473. The van der Waals surface area contributed by atoms with E-state index in [-0.39, 0.29) is 16.3 Å². The number of sulfonamides is 1. The second-order valence-electron chi connectivity index (χ2n) is 3.71. The van der Waals surface area contributed by atoms with Crippen LogP contribution in [0.4, 0.5) is 0 Å². The zero-order chi connectivity index (χ0) is 13.8. The summed E-state index contributed by atoms with van der Waals surface area (Å²) in [5, 5.41) is 19.3. The molecular formula is C10H15NO5S2. The minimum atomic E-state index is -3.68. The normalized spacial score (nSPS) is 13.4. The first kappa shape index (κ1) is 15.1. The molecule has 18 heavy (non-hydrogen) atoms. The van der Waals surface area contributed by atoms with Crippen LogP contribution in [0.5, 0.6) is 0 Å². The molecule has 1 unspecified atom stereocenters. The lowest BCUT2D eigenvalue weighted by atomic mass is 10.2. The number of hydrogen-bond acceptors (Lipinski definition) is 5.